The standard InChI is InChI=1S/C9H8N4S/c14-7-10-8-3-1-2-4-9(8)13-5-11-12-6-13/h1-5,12H,6H2. The average Bonchev–Trinajstić information content (AvgIpc) is 2.72. The highest BCUT2D eigenvalue weighted by molar-refractivity contribution is 7.78. The van der Waals surface area contributed by atoms with Gasteiger partial charge in [-0.25, -0.2) is 0 Å². The summed E-state index contributed by atoms with van der Waals surface area (Å²) >= 11 is 4.58. The van der Waals surface area contributed by atoms with Gasteiger partial charge in [-0.15, -0.1) is 0 Å². The lowest BCUT2D eigenvalue weighted by molar-refractivity contribution is 0.808. The molecule has 70 valence electrons. The Bertz CT molecular complexity index is 409. The van der Waals surface area contributed by atoms with Gasteiger partial charge >= 0.3 is 0 Å². The third-order valence-corrected chi connectivity index (χ3v) is 1.98. The molecule has 5 heteroatoms. The summed E-state index contributed by atoms with van der Waals surface area (Å²) in [6.07, 6.45) is 1.72. The Morgan fingerprint density at radius 3 is 3.07 bits per heavy atom. The Morgan fingerprint density at radius 2 is 2.36 bits per heavy atom. The van der Waals surface area contributed by atoms with E-state index < -0.39 is 0 Å². The summed E-state index contributed by atoms with van der Waals surface area (Å²) in [5.74, 6) is 0. The summed E-state index contributed by atoms with van der Waals surface area (Å²) in [7, 11) is 0. The van der Waals surface area contributed by atoms with Crippen molar-refractivity contribution in [1.82, 2.24) is 5.43 Å². The number of hydrogen-bond acceptors (Lipinski definition) is 5. The van der Waals surface area contributed by atoms with Crippen LogP contribution in [-0.2, 0) is 0 Å². The largest absolute Gasteiger partial charge is 0.309 e. The highest BCUT2D eigenvalue weighted by atomic mass is 32.1. The number of hydrazone groups is 1. The minimum atomic E-state index is 0.657. The predicted octanol–water partition coefficient (Wildman–Crippen LogP) is 1.73. The van der Waals surface area contributed by atoms with Crippen LogP contribution in [0.15, 0.2) is 34.4 Å². The van der Waals surface area contributed by atoms with Crippen molar-refractivity contribution in [1.29, 1.82) is 0 Å². The van der Waals surface area contributed by atoms with E-state index in [2.05, 4.69) is 32.9 Å². The van der Waals surface area contributed by atoms with Crippen molar-refractivity contribution in [3.8, 4) is 0 Å². The summed E-state index contributed by atoms with van der Waals surface area (Å²) in [6, 6.07) is 7.71. The van der Waals surface area contributed by atoms with E-state index in [0.29, 0.717) is 6.67 Å². The molecule has 2 rings (SSSR count). The second kappa shape index (κ2) is 4.00. The van der Waals surface area contributed by atoms with E-state index in [1.54, 1.807) is 6.34 Å². The Morgan fingerprint density at radius 1 is 1.50 bits per heavy atom. The van der Waals surface area contributed by atoms with Gasteiger partial charge in [0.2, 0.25) is 0 Å². The van der Waals surface area contributed by atoms with Crippen molar-refractivity contribution < 1.29 is 0 Å². The zero-order valence-electron chi connectivity index (χ0n) is 7.34. The van der Waals surface area contributed by atoms with Crippen LogP contribution in [0.1, 0.15) is 0 Å². The molecule has 0 atom stereocenters. The van der Waals surface area contributed by atoms with Crippen molar-refractivity contribution in [2.45, 2.75) is 0 Å². The lowest BCUT2D eigenvalue weighted by Crippen LogP contribution is -2.22. The SMILES string of the molecule is S=C=Nc1ccccc1N1C=NNC1. The minimum absolute atomic E-state index is 0.657. The molecule has 0 fully saturated rings. The van der Waals surface area contributed by atoms with Crippen molar-refractivity contribution in [2.24, 2.45) is 10.1 Å². The first kappa shape index (κ1) is 8.87. The summed E-state index contributed by atoms with van der Waals surface area (Å²) in [5.41, 5.74) is 4.62. The highest BCUT2D eigenvalue weighted by Gasteiger charge is 2.10. The molecule has 1 N–H and O–H groups in total. The van der Waals surface area contributed by atoms with Gasteiger partial charge in [-0.3, -0.25) is 5.43 Å². The van der Waals surface area contributed by atoms with E-state index in [4.69, 9.17) is 0 Å². The molecule has 4 nitrogen and oxygen atoms in total. The van der Waals surface area contributed by atoms with Gasteiger partial charge in [0.15, 0.2) is 0 Å². The normalized spacial score (nSPS) is 13.6. The maximum Gasteiger partial charge on any atom is 0.117 e. The predicted molar refractivity (Wildman–Crippen MR) is 60.1 cm³/mol. The maximum absolute atomic E-state index is 4.58. The van der Waals surface area contributed by atoms with Gasteiger partial charge in [0.05, 0.1) is 16.5 Å². The number of anilines is 1. The van der Waals surface area contributed by atoms with Crippen LogP contribution in [0.3, 0.4) is 0 Å². The van der Waals surface area contributed by atoms with Crippen LogP contribution in [-0.4, -0.2) is 18.2 Å². The van der Waals surface area contributed by atoms with Crippen molar-refractivity contribution in [3.05, 3.63) is 24.3 Å². The van der Waals surface area contributed by atoms with Crippen molar-refractivity contribution >= 4 is 35.1 Å². The summed E-state index contributed by atoms with van der Waals surface area (Å²) in [6.45, 7) is 0.657. The molecule has 1 aliphatic heterocycles. The molecular weight excluding hydrogens is 196 g/mol. The molecule has 1 aromatic carbocycles. The molecule has 0 bridgehead atoms. The van der Waals surface area contributed by atoms with E-state index in [-0.39, 0.29) is 0 Å². The Hall–Kier alpha value is -1.71. The molecule has 0 spiro atoms. The van der Waals surface area contributed by atoms with Gasteiger partial charge in [0.25, 0.3) is 0 Å². The molecule has 0 radical (unpaired) electrons. The van der Waals surface area contributed by atoms with Gasteiger partial charge in [0, 0.05) is 0 Å². The molecule has 0 saturated heterocycles. The van der Waals surface area contributed by atoms with Crippen LogP contribution in [0.2, 0.25) is 0 Å². The molecular formula is C9H8N4S. The third-order valence-electron chi connectivity index (χ3n) is 1.89. The topological polar surface area (TPSA) is 40.0 Å². The van der Waals surface area contributed by atoms with E-state index >= 15 is 0 Å². The first-order valence-electron chi connectivity index (χ1n) is 4.11. The maximum atomic E-state index is 4.58. The Labute approximate surface area is 86.9 Å². The van der Waals surface area contributed by atoms with E-state index in [0.717, 1.165) is 11.4 Å². The van der Waals surface area contributed by atoms with Gasteiger partial charge < -0.3 is 4.90 Å². The van der Waals surface area contributed by atoms with E-state index in [9.17, 15) is 0 Å². The molecule has 0 aromatic heterocycles. The molecule has 1 aromatic rings. The molecule has 1 aliphatic rings. The zero-order valence-corrected chi connectivity index (χ0v) is 8.16. The average molecular weight is 204 g/mol. The van der Waals surface area contributed by atoms with Crippen molar-refractivity contribution in [3.63, 3.8) is 0 Å². The molecule has 0 unspecified atom stereocenters. The Balaban J connectivity index is 2.40. The van der Waals surface area contributed by atoms with E-state index in [1.165, 1.54) is 0 Å². The first-order valence-corrected chi connectivity index (χ1v) is 4.52. The van der Waals surface area contributed by atoms with Crippen LogP contribution < -0.4 is 10.3 Å². The quantitative estimate of drug-likeness (QED) is 0.589. The van der Waals surface area contributed by atoms with Crippen LogP contribution in [0, 0.1) is 0 Å². The van der Waals surface area contributed by atoms with Gasteiger partial charge in [-0.2, -0.15) is 10.1 Å². The number of aliphatic imine (C=N–C) groups is 1. The zero-order chi connectivity index (χ0) is 9.80. The highest BCUT2D eigenvalue weighted by Crippen LogP contribution is 2.27. The summed E-state index contributed by atoms with van der Waals surface area (Å²) in [4.78, 5) is 5.93. The smallest absolute Gasteiger partial charge is 0.117 e. The first-order chi connectivity index (χ1) is 6.92. The van der Waals surface area contributed by atoms with Gasteiger partial charge in [-0.05, 0) is 24.4 Å². The number of nitrogens with one attached hydrogen (secondary N) is 1. The van der Waals surface area contributed by atoms with Crippen molar-refractivity contribution in [2.75, 3.05) is 11.6 Å². The van der Waals surface area contributed by atoms with Crippen LogP contribution in [0.4, 0.5) is 11.4 Å². The second-order valence-electron chi connectivity index (χ2n) is 2.72. The fourth-order valence-electron chi connectivity index (χ4n) is 1.27. The minimum Gasteiger partial charge on any atom is -0.309 e. The molecule has 1 heterocycles. The fourth-order valence-corrected chi connectivity index (χ4v) is 1.36. The second-order valence-corrected chi connectivity index (χ2v) is 2.90. The number of benzene rings is 1. The number of nitrogens with zero attached hydrogens (tertiary/aromatic N) is 3. The lowest BCUT2D eigenvalue weighted by atomic mass is 10.2. The number of isothiocyanates is 1. The lowest BCUT2D eigenvalue weighted by Gasteiger charge is -2.14. The number of thiocarbonyl (C=S) groups is 1. The van der Waals surface area contributed by atoms with Crippen LogP contribution in [0.25, 0.3) is 0 Å². The Kier molecular flexibility index (Phi) is 2.53. The molecule has 0 aliphatic carbocycles. The summed E-state index contributed by atoms with van der Waals surface area (Å²) < 4.78 is 0. The summed E-state index contributed by atoms with van der Waals surface area (Å²) in [5, 5.41) is 6.27. The molecule has 0 saturated carbocycles. The number of rotatable bonds is 2. The molecule has 14 heavy (non-hydrogen) atoms. The van der Waals surface area contributed by atoms with E-state index in [1.807, 2.05) is 29.2 Å². The number of hydrogen-bond donors (Lipinski definition) is 1. The molecule has 0 amide bonds. The fraction of sp³-hybridized carbons (Fsp3) is 0.111. The van der Waals surface area contributed by atoms with Gasteiger partial charge in [-0.1, -0.05) is 12.1 Å². The number of para-hydroxylation sites is 2. The third kappa shape index (κ3) is 1.64. The van der Waals surface area contributed by atoms with Crippen LogP contribution in [0.5, 0.6) is 0 Å². The monoisotopic (exact) mass is 204 g/mol. The van der Waals surface area contributed by atoms with Crippen LogP contribution >= 0.6 is 12.2 Å². The van der Waals surface area contributed by atoms with Gasteiger partial charge in [0.1, 0.15) is 13.0 Å².